The first-order valence-corrected chi connectivity index (χ1v) is 4.10. The summed E-state index contributed by atoms with van der Waals surface area (Å²) in [6.45, 7) is 0. The van der Waals surface area contributed by atoms with E-state index in [0.717, 1.165) is 6.07 Å². The van der Waals surface area contributed by atoms with Gasteiger partial charge in [0.15, 0.2) is 0 Å². The zero-order valence-corrected chi connectivity index (χ0v) is 8.19. The van der Waals surface area contributed by atoms with Crippen LogP contribution in [0.15, 0.2) is 15.3 Å². The number of aromatic amines is 1. The summed E-state index contributed by atoms with van der Waals surface area (Å²) < 4.78 is 29.4. The molecule has 1 rings (SSSR count). The molecule has 0 aromatic carbocycles. The summed E-state index contributed by atoms with van der Waals surface area (Å²) in [6.07, 6.45) is -2.69. The van der Waals surface area contributed by atoms with E-state index in [1.165, 1.54) is 7.11 Å². The quantitative estimate of drug-likeness (QED) is 0.877. The third-order valence-electron chi connectivity index (χ3n) is 1.42. The lowest BCUT2D eigenvalue weighted by Gasteiger charge is -2.07. The van der Waals surface area contributed by atoms with Crippen LogP contribution in [0.25, 0.3) is 0 Å². The zero-order chi connectivity index (χ0) is 10.0. The van der Waals surface area contributed by atoms with Gasteiger partial charge in [-0.3, -0.25) is 9.78 Å². The number of halogens is 3. The van der Waals surface area contributed by atoms with Crippen LogP contribution in [0.1, 0.15) is 12.0 Å². The minimum absolute atomic E-state index is 0.0445. The van der Waals surface area contributed by atoms with Gasteiger partial charge in [-0.25, -0.2) is 8.78 Å². The van der Waals surface area contributed by atoms with E-state index in [1.807, 2.05) is 0 Å². The van der Waals surface area contributed by atoms with Gasteiger partial charge in [-0.1, -0.05) is 0 Å². The van der Waals surface area contributed by atoms with E-state index in [9.17, 15) is 13.6 Å². The number of H-pyrrole nitrogens is 1. The lowest BCUT2D eigenvalue weighted by molar-refractivity contribution is 0.145. The van der Waals surface area contributed by atoms with Crippen molar-refractivity contribution in [3.05, 3.63) is 26.5 Å². The van der Waals surface area contributed by atoms with Crippen molar-refractivity contribution in [2.45, 2.75) is 6.43 Å². The molecule has 1 N–H and O–H groups in total. The van der Waals surface area contributed by atoms with Crippen molar-refractivity contribution in [1.82, 2.24) is 4.98 Å². The third kappa shape index (κ3) is 2.06. The first kappa shape index (κ1) is 10.2. The van der Waals surface area contributed by atoms with Crippen LogP contribution in [0.2, 0.25) is 0 Å². The van der Waals surface area contributed by atoms with E-state index in [-0.39, 0.29) is 15.9 Å². The van der Waals surface area contributed by atoms with Crippen LogP contribution in [0.5, 0.6) is 5.88 Å². The van der Waals surface area contributed by atoms with Gasteiger partial charge in [0, 0.05) is 10.5 Å². The lowest BCUT2D eigenvalue weighted by Crippen LogP contribution is -2.09. The Morgan fingerprint density at radius 2 is 2.23 bits per heavy atom. The van der Waals surface area contributed by atoms with Crippen molar-refractivity contribution in [2.24, 2.45) is 0 Å². The van der Waals surface area contributed by atoms with E-state index < -0.39 is 12.0 Å². The van der Waals surface area contributed by atoms with Crippen molar-refractivity contribution in [2.75, 3.05) is 7.11 Å². The Kier molecular flexibility index (Phi) is 3.02. The number of ether oxygens (including phenoxy) is 1. The molecule has 0 aliphatic rings. The molecule has 0 aliphatic carbocycles. The zero-order valence-electron chi connectivity index (χ0n) is 6.61. The number of rotatable bonds is 2. The highest BCUT2D eigenvalue weighted by Gasteiger charge is 2.18. The summed E-state index contributed by atoms with van der Waals surface area (Å²) in [7, 11) is 1.21. The molecule has 0 saturated carbocycles. The maximum atomic E-state index is 12.4. The second kappa shape index (κ2) is 3.87. The van der Waals surface area contributed by atoms with E-state index in [4.69, 9.17) is 0 Å². The number of methoxy groups -OCH3 is 1. The summed E-state index contributed by atoms with van der Waals surface area (Å²) >= 11 is 2.86. The normalized spacial score (nSPS) is 10.5. The average molecular weight is 254 g/mol. The second-order valence-corrected chi connectivity index (χ2v) is 3.08. The third-order valence-corrected chi connectivity index (χ3v) is 2.07. The molecule has 0 bridgehead atoms. The summed E-state index contributed by atoms with van der Waals surface area (Å²) in [4.78, 5) is 13.0. The Bertz CT molecular complexity index is 364. The Morgan fingerprint density at radius 3 is 2.69 bits per heavy atom. The van der Waals surface area contributed by atoms with Crippen molar-refractivity contribution >= 4 is 15.9 Å². The molecule has 0 aliphatic heterocycles. The van der Waals surface area contributed by atoms with Crippen LogP contribution >= 0.6 is 15.9 Å². The fraction of sp³-hybridized carbons (Fsp3) is 0.286. The Morgan fingerprint density at radius 1 is 1.62 bits per heavy atom. The molecule has 13 heavy (non-hydrogen) atoms. The highest BCUT2D eigenvalue weighted by Crippen LogP contribution is 2.32. The van der Waals surface area contributed by atoms with Gasteiger partial charge in [0.1, 0.15) is 0 Å². The van der Waals surface area contributed by atoms with Crippen LogP contribution in [0.3, 0.4) is 0 Å². The molecule has 0 amide bonds. The monoisotopic (exact) mass is 253 g/mol. The minimum atomic E-state index is -2.69. The fourth-order valence-corrected chi connectivity index (χ4v) is 1.44. The number of hydrogen-bond donors (Lipinski definition) is 1. The molecule has 72 valence electrons. The number of hydrogen-bond acceptors (Lipinski definition) is 2. The van der Waals surface area contributed by atoms with Crippen LogP contribution in [-0.4, -0.2) is 12.1 Å². The fourth-order valence-electron chi connectivity index (χ4n) is 0.881. The van der Waals surface area contributed by atoms with Gasteiger partial charge in [0.25, 0.3) is 12.0 Å². The standard InChI is InChI=1S/C7H6BrF2NO2/c1-13-7-5(6(9)10)3(8)2-4(12)11-7/h2,6H,1H3,(H,11,12). The van der Waals surface area contributed by atoms with Gasteiger partial charge in [0.05, 0.1) is 12.7 Å². The second-order valence-electron chi connectivity index (χ2n) is 2.23. The molecule has 6 heteroatoms. The molecule has 0 spiro atoms. The summed E-state index contributed by atoms with van der Waals surface area (Å²) in [5.74, 6) is -0.214. The first-order valence-electron chi connectivity index (χ1n) is 3.31. The summed E-state index contributed by atoms with van der Waals surface area (Å²) in [5, 5.41) is 0. The molecule has 1 aromatic heterocycles. The number of alkyl halides is 2. The topological polar surface area (TPSA) is 42.1 Å². The Labute approximate surface area is 80.9 Å². The van der Waals surface area contributed by atoms with Crippen molar-refractivity contribution in [3.63, 3.8) is 0 Å². The molecular formula is C7H6BrF2NO2. The largest absolute Gasteiger partial charge is 0.482 e. The molecule has 3 nitrogen and oxygen atoms in total. The lowest BCUT2D eigenvalue weighted by atomic mass is 10.3. The predicted octanol–water partition coefficient (Wildman–Crippen LogP) is 2.08. The number of nitrogens with one attached hydrogen (secondary N) is 1. The maximum Gasteiger partial charge on any atom is 0.270 e. The average Bonchev–Trinajstić information content (AvgIpc) is 2.01. The van der Waals surface area contributed by atoms with Crippen LogP contribution < -0.4 is 10.3 Å². The van der Waals surface area contributed by atoms with Crippen molar-refractivity contribution < 1.29 is 13.5 Å². The van der Waals surface area contributed by atoms with Gasteiger partial charge in [-0.05, 0) is 15.9 Å². The van der Waals surface area contributed by atoms with Crippen LogP contribution in [-0.2, 0) is 0 Å². The number of aromatic nitrogens is 1. The maximum absolute atomic E-state index is 12.4. The highest BCUT2D eigenvalue weighted by molar-refractivity contribution is 9.10. The van der Waals surface area contributed by atoms with Gasteiger partial charge in [0.2, 0.25) is 5.88 Å². The minimum Gasteiger partial charge on any atom is -0.482 e. The van der Waals surface area contributed by atoms with Crippen molar-refractivity contribution in [3.8, 4) is 5.88 Å². The smallest absolute Gasteiger partial charge is 0.270 e. The molecular weight excluding hydrogens is 248 g/mol. The molecule has 1 aromatic rings. The Balaban J connectivity index is 3.38. The van der Waals surface area contributed by atoms with Gasteiger partial charge < -0.3 is 4.74 Å². The van der Waals surface area contributed by atoms with E-state index in [0.29, 0.717) is 0 Å². The van der Waals surface area contributed by atoms with Gasteiger partial charge >= 0.3 is 0 Å². The molecule has 1 heterocycles. The first-order chi connectivity index (χ1) is 6.06. The molecule has 0 saturated heterocycles. The predicted molar refractivity (Wildman–Crippen MR) is 46.3 cm³/mol. The summed E-state index contributed by atoms with van der Waals surface area (Å²) in [5.41, 5.74) is -0.838. The highest BCUT2D eigenvalue weighted by atomic mass is 79.9. The Hall–Kier alpha value is -0.910. The summed E-state index contributed by atoms with van der Waals surface area (Å²) in [6, 6.07) is 1.03. The van der Waals surface area contributed by atoms with Gasteiger partial charge in [-0.2, -0.15) is 0 Å². The van der Waals surface area contributed by atoms with Crippen molar-refractivity contribution in [1.29, 1.82) is 0 Å². The van der Waals surface area contributed by atoms with E-state index in [1.54, 1.807) is 0 Å². The van der Waals surface area contributed by atoms with Crippen LogP contribution in [0, 0.1) is 0 Å². The SMILES string of the molecule is COc1[nH]c(=O)cc(Br)c1C(F)F. The molecule has 0 unspecified atom stereocenters. The molecule has 0 fully saturated rings. The van der Waals surface area contributed by atoms with E-state index >= 15 is 0 Å². The van der Waals surface area contributed by atoms with Gasteiger partial charge in [-0.15, -0.1) is 0 Å². The van der Waals surface area contributed by atoms with Crippen LogP contribution in [0.4, 0.5) is 8.78 Å². The number of pyridine rings is 1. The molecule has 0 atom stereocenters. The molecule has 0 radical (unpaired) electrons. The van der Waals surface area contributed by atoms with E-state index in [2.05, 4.69) is 25.7 Å².